The summed E-state index contributed by atoms with van der Waals surface area (Å²) < 4.78 is 5.98. The van der Waals surface area contributed by atoms with E-state index >= 15 is 0 Å². The molecule has 1 heterocycles. The first-order valence-corrected chi connectivity index (χ1v) is 14.0. The fourth-order valence-electron chi connectivity index (χ4n) is 4.32. The lowest BCUT2D eigenvalue weighted by molar-refractivity contribution is -0.127. The monoisotopic (exact) mass is 590 g/mol. The van der Waals surface area contributed by atoms with Crippen LogP contribution in [0.5, 0.6) is 5.75 Å². The Morgan fingerprint density at radius 3 is 2.42 bits per heavy atom. The summed E-state index contributed by atoms with van der Waals surface area (Å²) in [6, 6.07) is 22.7. The predicted molar refractivity (Wildman–Crippen MR) is 162 cm³/mol. The molecule has 3 amide bonds. The second kappa shape index (κ2) is 11.8. The first-order valence-electron chi connectivity index (χ1n) is 12.4. The zero-order chi connectivity index (χ0) is 28.4. The average molecular weight is 592 g/mol. The van der Waals surface area contributed by atoms with Crippen LogP contribution in [-0.4, -0.2) is 28.5 Å². The van der Waals surface area contributed by atoms with Gasteiger partial charge in [-0.1, -0.05) is 71.7 Å². The Kier molecular flexibility index (Phi) is 8.17. The quantitative estimate of drug-likeness (QED) is 0.220. The van der Waals surface area contributed by atoms with Crippen molar-refractivity contribution in [2.24, 2.45) is 0 Å². The van der Waals surface area contributed by atoms with Crippen LogP contribution in [0.25, 0.3) is 16.8 Å². The number of aryl methyl sites for hydroxylation is 2. The van der Waals surface area contributed by atoms with Crippen LogP contribution >= 0.6 is 35.0 Å². The minimum absolute atomic E-state index is 0.167. The molecule has 1 aliphatic rings. The van der Waals surface area contributed by atoms with E-state index in [2.05, 4.69) is 5.32 Å². The second-order valence-electron chi connectivity index (χ2n) is 9.36. The number of nitrogens with one attached hydrogen (secondary N) is 1. The van der Waals surface area contributed by atoms with Gasteiger partial charge in [0.1, 0.15) is 13.2 Å². The van der Waals surface area contributed by atoms with Crippen LogP contribution in [0.15, 0.2) is 77.7 Å². The van der Waals surface area contributed by atoms with Gasteiger partial charge in [-0.2, -0.15) is 0 Å². The Morgan fingerprint density at radius 2 is 1.68 bits per heavy atom. The van der Waals surface area contributed by atoms with Crippen molar-refractivity contribution in [2.45, 2.75) is 20.5 Å². The number of nitrogens with zero attached hydrogens (tertiary/aromatic N) is 1. The van der Waals surface area contributed by atoms with Gasteiger partial charge in [0.05, 0.1) is 15.0 Å². The van der Waals surface area contributed by atoms with Crippen LogP contribution < -0.4 is 10.1 Å². The maximum absolute atomic E-state index is 13.0. The number of hydrogen-bond donors (Lipinski definition) is 1. The van der Waals surface area contributed by atoms with E-state index in [1.165, 1.54) is 6.08 Å². The van der Waals surface area contributed by atoms with Gasteiger partial charge in [-0.05, 0) is 89.0 Å². The Hall–Kier alpha value is -3.78. The highest BCUT2D eigenvalue weighted by Crippen LogP contribution is 2.38. The maximum atomic E-state index is 13.0. The van der Waals surface area contributed by atoms with Crippen LogP contribution in [0.1, 0.15) is 22.3 Å². The predicted octanol–water partition coefficient (Wildman–Crippen LogP) is 8.02. The number of fused-ring (bicyclic) bond motifs is 1. The zero-order valence-electron chi connectivity index (χ0n) is 21.7. The number of amides is 3. The van der Waals surface area contributed by atoms with Gasteiger partial charge in [0.25, 0.3) is 11.1 Å². The zero-order valence-corrected chi connectivity index (χ0v) is 24.0. The fraction of sp³-hybridized carbons (Fsp3) is 0.129. The van der Waals surface area contributed by atoms with E-state index in [4.69, 9.17) is 27.9 Å². The molecule has 0 aromatic heterocycles. The summed E-state index contributed by atoms with van der Waals surface area (Å²) in [4.78, 5) is 39.1. The number of imide groups is 1. The van der Waals surface area contributed by atoms with Crippen molar-refractivity contribution in [1.29, 1.82) is 0 Å². The Labute approximate surface area is 245 Å². The molecule has 0 bridgehead atoms. The lowest BCUT2D eigenvalue weighted by atomic mass is 10.1. The number of anilines is 1. The summed E-state index contributed by atoms with van der Waals surface area (Å²) in [5, 5.41) is 4.93. The van der Waals surface area contributed by atoms with E-state index in [1.54, 1.807) is 18.2 Å². The van der Waals surface area contributed by atoms with Crippen LogP contribution in [-0.2, 0) is 16.2 Å². The highest BCUT2D eigenvalue weighted by atomic mass is 35.5. The lowest BCUT2D eigenvalue weighted by Crippen LogP contribution is -2.36. The molecule has 40 heavy (non-hydrogen) atoms. The molecular formula is C31H24Cl2N2O4S. The molecule has 0 atom stereocenters. The number of hydrogen-bond acceptors (Lipinski definition) is 5. The molecule has 1 fully saturated rings. The van der Waals surface area contributed by atoms with Gasteiger partial charge < -0.3 is 10.1 Å². The molecule has 0 radical (unpaired) electrons. The molecule has 1 N–H and O–H groups in total. The highest BCUT2D eigenvalue weighted by Gasteiger charge is 2.36. The van der Waals surface area contributed by atoms with Crippen LogP contribution in [0.4, 0.5) is 10.5 Å². The molecule has 9 heteroatoms. The molecule has 5 rings (SSSR count). The molecule has 0 aliphatic carbocycles. The van der Waals surface area contributed by atoms with Crippen molar-refractivity contribution in [1.82, 2.24) is 4.90 Å². The van der Waals surface area contributed by atoms with Crippen molar-refractivity contribution >= 4 is 74.6 Å². The SMILES string of the molecule is Cc1ccc(NC(=O)CN2C(=O)S/C(=C/c3cc(Cl)c(OCc4cccc5ccccc45)c(Cl)c3)C2=O)cc1C. The third kappa shape index (κ3) is 6.02. The summed E-state index contributed by atoms with van der Waals surface area (Å²) in [6.45, 7) is 3.79. The summed E-state index contributed by atoms with van der Waals surface area (Å²) in [7, 11) is 0. The van der Waals surface area contributed by atoms with Crippen molar-refractivity contribution in [3.63, 3.8) is 0 Å². The highest BCUT2D eigenvalue weighted by molar-refractivity contribution is 8.18. The molecule has 1 aliphatic heterocycles. The minimum atomic E-state index is -0.561. The van der Waals surface area contributed by atoms with Gasteiger partial charge in [0.15, 0.2) is 5.75 Å². The normalized spacial score (nSPS) is 14.3. The van der Waals surface area contributed by atoms with Gasteiger partial charge in [0, 0.05) is 5.69 Å². The van der Waals surface area contributed by atoms with Gasteiger partial charge >= 0.3 is 0 Å². The lowest BCUT2D eigenvalue weighted by Gasteiger charge is -2.13. The van der Waals surface area contributed by atoms with E-state index in [9.17, 15) is 14.4 Å². The molecule has 4 aromatic rings. The molecule has 6 nitrogen and oxygen atoms in total. The van der Waals surface area contributed by atoms with Crippen molar-refractivity contribution < 1.29 is 19.1 Å². The summed E-state index contributed by atoms with van der Waals surface area (Å²) in [5.41, 5.74) is 4.23. The van der Waals surface area contributed by atoms with Crippen molar-refractivity contribution in [3.8, 4) is 5.75 Å². The summed E-state index contributed by atoms with van der Waals surface area (Å²) in [6.07, 6.45) is 1.53. The van der Waals surface area contributed by atoms with E-state index < -0.39 is 23.6 Å². The largest absolute Gasteiger partial charge is 0.486 e. The smallest absolute Gasteiger partial charge is 0.294 e. The first kappa shape index (κ1) is 27.8. The number of carbonyl (C=O) groups is 3. The number of benzene rings is 4. The number of halogens is 2. The van der Waals surface area contributed by atoms with Crippen LogP contribution in [0, 0.1) is 13.8 Å². The topological polar surface area (TPSA) is 75.7 Å². The van der Waals surface area contributed by atoms with Crippen molar-refractivity contribution in [2.75, 3.05) is 11.9 Å². The standard InChI is InChI=1S/C31H24Cl2N2O4S/c1-18-10-11-23(12-19(18)2)34-28(36)16-35-30(37)27(40-31(35)38)15-20-13-25(32)29(26(33)14-20)39-17-22-8-5-7-21-6-3-4-9-24(21)22/h3-15H,16-17H2,1-2H3,(H,34,36)/b27-15+. The molecule has 4 aromatic carbocycles. The average Bonchev–Trinajstić information content (AvgIpc) is 3.17. The molecular weight excluding hydrogens is 567 g/mol. The number of ether oxygens (including phenoxy) is 1. The van der Waals surface area contributed by atoms with Gasteiger partial charge in [-0.25, -0.2) is 0 Å². The van der Waals surface area contributed by atoms with E-state index in [-0.39, 0.29) is 21.6 Å². The second-order valence-corrected chi connectivity index (χ2v) is 11.2. The van der Waals surface area contributed by atoms with Gasteiger partial charge in [-0.15, -0.1) is 0 Å². The molecule has 0 spiro atoms. The molecule has 202 valence electrons. The fourth-order valence-corrected chi connectivity index (χ4v) is 5.77. The molecule has 1 saturated heterocycles. The Bertz CT molecular complexity index is 1670. The molecule has 0 unspecified atom stereocenters. The Morgan fingerprint density at radius 1 is 0.950 bits per heavy atom. The van der Waals surface area contributed by atoms with Gasteiger partial charge in [-0.3, -0.25) is 19.3 Å². The Balaban J connectivity index is 1.27. The van der Waals surface area contributed by atoms with Crippen LogP contribution in [0.2, 0.25) is 10.0 Å². The first-order chi connectivity index (χ1) is 19.2. The van der Waals surface area contributed by atoms with Crippen molar-refractivity contribution in [3.05, 3.63) is 110 Å². The van der Waals surface area contributed by atoms with Crippen LogP contribution in [0.3, 0.4) is 0 Å². The third-order valence-electron chi connectivity index (χ3n) is 6.54. The number of rotatable bonds is 7. The summed E-state index contributed by atoms with van der Waals surface area (Å²) in [5.74, 6) is -0.705. The third-order valence-corrected chi connectivity index (χ3v) is 8.01. The van der Waals surface area contributed by atoms with E-state index in [1.807, 2.05) is 68.4 Å². The minimum Gasteiger partial charge on any atom is -0.486 e. The maximum Gasteiger partial charge on any atom is 0.294 e. The van der Waals surface area contributed by atoms with E-state index in [0.29, 0.717) is 17.0 Å². The van der Waals surface area contributed by atoms with Gasteiger partial charge in [0.2, 0.25) is 5.91 Å². The number of thioether (sulfide) groups is 1. The summed E-state index contributed by atoms with van der Waals surface area (Å²) >= 11 is 13.8. The number of carbonyl (C=O) groups excluding carboxylic acids is 3. The molecule has 0 saturated carbocycles. The van der Waals surface area contributed by atoms with E-state index in [0.717, 1.165) is 44.1 Å².